The fourth-order valence-electron chi connectivity index (χ4n) is 3.16. The van der Waals surface area contributed by atoms with Crippen LogP contribution in [0.4, 0.5) is 11.4 Å². The third-order valence-electron chi connectivity index (χ3n) is 4.52. The van der Waals surface area contributed by atoms with Crippen molar-refractivity contribution in [3.8, 4) is 5.75 Å². The summed E-state index contributed by atoms with van der Waals surface area (Å²) >= 11 is 9.87. The number of ether oxygens (including phenoxy) is 1. The molecule has 0 saturated carbocycles. The number of benzene rings is 2. The number of hydrogen-bond acceptors (Lipinski definition) is 3. The second kappa shape index (κ2) is 9.29. The van der Waals surface area contributed by atoms with Gasteiger partial charge in [0.05, 0.1) is 17.8 Å². The van der Waals surface area contributed by atoms with Crippen molar-refractivity contribution in [2.24, 2.45) is 0 Å². The summed E-state index contributed by atoms with van der Waals surface area (Å²) in [5, 5.41) is 3.51. The first-order chi connectivity index (χ1) is 13.1. The van der Waals surface area contributed by atoms with Gasteiger partial charge in [0.15, 0.2) is 0 Å². The van der Waals surface area contributed by atoms with Crippen molar-refractivity contribution in [1.29, 1.82) is 0 Å². The van der Waals surface area contributed by atoms with Gasteiger partial charge in [0.25, 0.3) is 0 Å². The number of carbonyl (C=O) groups excluding carboxylic acids is 1. The Labute approximate surface area is 173 Å². The van der Waals surface area contributed by atoms with E-state index < -0.39 is 0 Å². The topological polar surface area (TPSA) is 41.6 Å². The number of halogens is 2. The van der Waals surface area contributed by atoms with Gasteiger partial charge in [-0.25, -0.2) is 0 Å². The van der Waals surface area contributed by atoms with Crippen LogP contribution in [0, 0.1) is 0 Å². The van der Waals surface area contributed by atoms with E-state index in [1.165, 1.54) is 25.3 Å². The van der Waals surface area contributed by atoms with Gasteiger partial charge < -0.3 is 15.0 Å². The van der Waals surface area contributed by atoms with Crippen LogP contribution in [0.25, 0.3) is 6.08 Å². The molecule has 0 bridgehead atoms. The van der Waals surface area contributed by atoms with E-state index in [1.54, 1.807) is 19.3 Å². The lowest BCUT2D eigenvalue weighted by atomic mass is 10.1. The average Bonchev–Trinajstić information content (AvgIpc) is 2.67. The van der Waals surface area contributed by atoms with Gasteiger partial charge in [-0.15, -0.1) is 0 Å². The summed E-state index contributed by atoms with van der Waals surface area (Å²) in [7, 11) is 1.60. The van der Waals surface area contributed by atoms with Crippen molar-refractivity contribution in [2.45, 2.75) is 19.3 Å². The molecule has 142 valence electrons. The Bertz CT molecular complexity index is 848. The number of methoxy groups -OCH3 is 1. The lowest BCUT2D eigenvalue weighted by Crippen LogP contribution is -2.29. The second-order valence-corrected chi connectivity index (χ2v) is 7.75. The van der Waals surface area contributed by atoms with E-state index in [0.29, 0.717) is 16.5 Å². The first-order valence-corrected chi connectivity index (χ1v) is 10.1. The Morgan fingerprint density at radius 1 is 1.19 bits per heavy atom. The molecule has 1 fully saturated rings. The highest BCUT2D eigenvalue weighted by Crippen LogP contribution is 2.31. The van der Waals surface area contributed by atoms with Gasteiger partial charge in [-0.3, -0.25) is 4.79 Å². The Kier molecular flexibility index (Phi) is 6.80. The number of amides is 1. The van der Waals surface area contributed by atoms with E-state index in [1.807, 2.05) is 30.3 Å². The lowest BCUT2D eigenvalue weighted by Gasteiger charge is -2.29. The maximum atomic E-state index is 12.3. The first-order valence-electron chi connectivity index (χ1n) is 8.94. The van der Waals surface area contributed by atoms with Gasteiger partial charge in [0, 0.05) is 34.9 Å². The smallest absolute Gasteiger partial charge is 0.248 e. The third kappa shape index (κ3) is 5.27. The average molecular weight is 450 g/mol. The molecule has 3 rings (SSSR count). The van der Waals surface area contributed by atoms with Crippen molar-refractivity contribution in [3.63, 3.8) is 0 Å². The van der Waals surface area contributed by atoms with Gasteiger partial charge in [0.1, 0.15) is 5.75 Å². The Hall–Kier alpha value is -1.98. The molecule has 2 aromatic carbocycles. The zero-order valence-electron chi connectivity index (χ0n) is 15.2. The molecule has 0 aromatic heterocycles. The van der Waals surface area contributed by atoms with Gasteiger partial charge in [-0.2, -0.15) is 0 Å². The van der Waals surface area contributed by atoms with E-state index in [0.717, 1.165) is 28.8 Å². The van der Waals surface area contributed by atoms with Crippen molar-refractivity contribution in [3.05, 3.63) is 57.5 Å². The summed E-state index contributed by atoms with van der Waals surface area (Å²) < 4.78 is 6.23. The SMILES string of the molecule is COc1ccc(Br)cc1/C=C\C(=O)Nc1ccc(N2CCCCC2)c(Cl)c1. The van der Waals surface area contributed by atoms with Gasteiger partial charge in [-0.05, 0) is 61.7 Å². The standard InChI is InChI=1S/C21H22BrClN2O2/c1-27-20-9-6-16(22)13-15(20)5-10-21(26)24-17-7-8-19(18(23)14-17)25-11-3-2-4-12-25/h5-10,13-14H,2-4,11-12H2,1H3,(H,24,26)/b10-5-. The van der Waals surface area contributed by atoms with Gasteiger partial charge in [0.2, 0.25) is 5.91 Å². The normalized spacial score (nSPS) is 14.4. The summed E-state index contributed by atoms with van der Waals surface area (Å²) in [6, 6.07) is 11.3. The van der Waals surface area contributed by atoms with Crippen LogP contribution in [0.2, 0.25) is 5.02 Å². The van der Waals surface area contributed by atoms with Crippen molar-refractivity contribution < 1.29 is 9.53 Å². The molecule has 27 heavy (non-hydrogen) atoms. The molecule has 1 aliphatic heterocycles. The highest BCUT2D eigenvalue weighted by Gasteiger charge is 2.14. The zero-order chi connectivity index (χ0) is 19.2. The van der Waals surface area contributed by atoms with E-state index in [-0.39, 0.29) is 5.91 Å². The molecule has 0 atom stereocenters. The van der Waals surface area contributed by atoms with Crippen LogP contribution < -0.4 is 15.0 Å². The highest BCUT2D eigenvalue weighted by molar-refractivity contribution is 9.10. The van der Waals surface area contributed by atoms with Crippen LogP contribution in [0.3, 0.4) is 0 Å². The number of anilines is 2. The van der Waals surface area contributed by atoms with Crippen molar-refractivity contribution >= 4 is 50.9 Å². The first kappa shape index (κ1) is 19.8. The van der Waals surface area contributed by atoms with Crippen LogP contribution >= 0.6 is 27.5 Å². The maximum Gasteiger partial charge on any atom is 0.248 e. The lowest BCUT2D eigenvalue weighted by molar-refractivity contribution is -0.111. The summed E-state index contributed by atoms with van der Waals surface area (Å²) in [5.74, 6) is 0.481. The molecular weight excluding hydrogens is 428 g/mol. The van der Waals surface area contributed by atoms with Crippen molar-refractivity contribution in [1.82, 2.24) is 0 Å². The summed E-state index contributed by atoms with van der Waals surface area (Å²) in [6.45, 7) is 2.06. The van der Waals surface area contributed by atoms with Crippen LogP contribution in [-0.2, 0) is 4.79 Å². The monoisotopic (exact) mass is 448 g/mol. The van der Waals surface area contributed by atoms with E-state index >= 15 is 0 Å². The van der Waals surface area contributed by atoms with Crippen molar-refractivity contribution in [2.75, 3.05) is 30.4 Å². The van der Waals surface area contributed by atoms with E-state index in [2.05, 4.69) is 26.1 Å². The largest absolute Gasteiger partial charge is 0.496 e. The Morgan fingerprint density at radius 2 is 1.96 bits per heavy atom. The number of carbonyl (C=O) groups is 1. The van der Waals surface area contributed by atoms with Gasteiger partial charge >= 0.3 is 0 Å². The molecule has 1 amide bonds. The molecule has 1 aliphatic rings. The molecule has 1 saturated heterocycles. The summed E-state index contributed by atoms with van der Waals surface area (Å²) in [6.07, 6.45) is 6.87. The number of rotatable bonds is 5. The van der Waals surface area contributed by atoms with E-state index in [9.17, 15) is 4.79 Å². The van der Waals surface area contributed by atoms with Crippen LogP contribution in [-0.4, -0.2) is 26.1 Å². The predicted molar refractivity (Wildman–Crippen MR) is 116 cm³/mol. The Morgan fingerprint density at radius 3 is 2.67 bits per heavy atom. The molecule has 6 heteroatoms. The Balaban J connectivity index is 1.67. The fraction of sp³-hybridized carbons (Fsp3) is 0.286. The molecule has 0 spiro atoms. The van der Waals surface area contributed by atoms with Crippen LogP contribution in [0.15, 0.2) is 46.9 Å². The maximum absolute atomic E-state index is 12.3. The summed E-state index contributed by atoms with van der Waals surface area (Å²) in [4.78, 5) is 14.6. The van der Waals surface area contributed by atoms with Crippen LogP contribution in [0.5, 0.6) is 5.75 Å². The molecule has 2 aromatic rings. The number of nitrogens with one attached hydrogen (secondary N) is 1. The highest BCUT2D eigenvalue weighted by atomic mass is 79.9. The summed E-state index contributed by atoms with van der Waals surface area (Å²) in [5.41, 5.74) is 2.53. The molecule has 0 unspecified atom stereocenters. The zero-order valence-corrected chi connectivity index (χ0v) is 17.5. The minimum absolute atomic E-state index is 0.223. The minimum atomic E-state index is -0.223. The molecule has 0 aliphatic carbocycles. The number of hydrogen-bond donors (Lipinski definition) is 1. The molecule has 4 nitrogen and oxygen atoms in total. The number of piperidine rings is 1. The van der Waals surface area contributed by atoms with Crippen LogP contribution in [0.1, 0.15) is 24.8 Å². The third-order valence-corrected chi connectivity index (χ3v) is 5.31. The predicted octanol–water partition coefficient (Wildman–Crippen LogP) is 5.75. The minimum Gasteiger partial charge on any atom is -0.496 e. The van der Waals surface area contributed by atoms with Gasteiger partial charge in [-0.1, -0.05) is 27.5 Å². The van der Waals surface area contributed by atoms with E-state index in [4.69, 9.17) is 16.3 Å². The molecule has 1 heterocycles. The molecule has 1 N–H and O–H groups in total. The fourth-order valence-corrected chi connectivity index (χ4v) is 3.84. The molecule has 0 radical (unpaired) electrons. The molecular formula is C21H22BrClN2O2. The quantitative estimate of drug-likeness (QED) is 0.591. The second-order valence-electron chi connectivity index (χ2n) is 6.42. The number of nitrogens with zero attached hydrogens (tertiary/aromatic N) is 1.